The largest absolute Gasteiger partial charge is 0.491 e. The fourth-order valence-corrected chi connectivity index (χ4v) is 4.52. The van der Waals surface area contributed by atoms with Crippen LogP contribution < -0.4 is 14.8 Å². The van der Waals surface area contributed by atoms with Crippen LogP contribution in [-0.4, -0.2) is 36.9 Å². The van der Waals surface area contributed by atoms with Gasteiger partial charge in [-0.15, -0.1) is 0 Å². The maximum atomic E-state index is 12.5. The normalized spacial score (nSPS) is 12.4. The summed E-state index contributed by atoms with van der Waals surface area (Å²) >= 11 is 0. The van der Waals surface area contributed by atoms with E-state index in [1.54, 1.807) is 12.1 Å². The smallest absolute Gasteiger partial charge is 0.343 e. The zero-order valence-corrected chi connectivity index (χ0v) is 23.2. The molecule has 0 aliphatic heterocycles. The molecule has 0 aliphatic carbocycles. The van der Waals surface area contributed by atoms with E-state index in [-0.39, 0.29) is 12.6 Å². The number of aliphatic hydroxyl groups is 1. The molecule has 0 aliphatic rings. The number of allylic oxidation sites excluding steroid dienone is 1. The number of hydrogen-bond acceptors (Lipinski definition) is 5. The Hall–Kier alpha value is -4.19. The van der Waals surface area contributed by atoms with Gasteiger partial charge in [0, 0.05) is 6.54 Å². The summed E-state index contributed by atoms with van der Waals surface area (Å²) < 4.78 is 11.5. The second-order valence-electron chi connectivity index (χ2n) is 9.55. The minimum Gasteiger partial charge on any atom is -0.491 e. The fourth-order valence-electron chi connectivity index (χ4n) is 4.52. The van der Waals surface area contributed by atoms with Gasteiger partial charge < -0.3 is 19.9 Å². The Balaban J connectivity index is 1.59. The van der Waals surface area contributed by atoms with Crippen molar-refractivity contribution in [2.75, 3.05) is 19.7 Å². The quantitative estimate of drug-likeness (QED) is 0.0834. The molecule has 0 saturated carbocycles. The second-order valence-corrected chi connectivity index (χ2v) is 9.55. The van der Waals surface area contributed by atoms with E-state index in [0.717, 1.165) is 41.6 Å². The Morgan fingerprint density at radius 3 is 1.82 bits per heavy atom. The van der Waals surface area contributed by atoms with Gasteiger partial charge in [0.05, 0.1) is 5.56 Å². The molecular formula is C35H37NO4. The summed E-state index contributed by atoms with van der Waals surface area (Å²) in [7, 11) is 0. The molecule has 40 heavy (non-hydrogen) atoms. The molecule has 0 saturated heterocycles. The van der Waals surface area contributed by atoms with Gasteiger partial charge in [-0.1, -0.05) is 86.6 Å². The van der Waals surface area contributed by atoms with Gasteiger partial charge in [-0.25, -0.2) is 4.79 Å². The van der Waals surface area contributed by atoms with Crippen molar-refractivity contribution in [1.82, 2.24) is 5.32 Å². The Kier molecular flexibility index (Phi) is 10.7. The zero-order valence-electron chi connectivity index (χ0n) is 23.2. The number of carbonyl (C=O) groups excluding carboxylic acids is 1. The van der Waals surface area contributed by atoms with E-state index in [4.69, 9.17) is 9.47 Å². The first kappa shape index (κ1) is 28.8. The van der Waals surface area contributed by atoms with E-state index in [2.05, 4.69) is 31.3 Å². The molecule has 0 amide bonds. The van der Waals surface area contributed by atoms with Crippen molar-refractivity contribution in [3.05, 3.63) is 131 Å². The highest BCUT2D eigenvalue weighted by atomic mass is 16.5. The first-order valence-electron chi connectivity index (χ1n) is 13.9. The zero-order chi connectivity index (χ0) is 28.2. The molecule has 5 nitrogen and oxygen atoms in total. The van der Waals surface area contributed by atoms with Crippen LogP contribution in [-0.2, 0) is 0 Å². The molecule has 4 rings (SSSR count). The number of esters is 1. The molecule has 5 heteroatoms. The van der Waals surface area contributed by atoms with Crippen LogP contribution in [0.5, 0.6) is 11.5 Å². The van der Waals surface area contributed by atoms with Gasteiger partial charge >= 0.3 is 5.97 Å². The van der Waals surface area contributed by atoms with Crippen LogP contribution >= 0.6 is 0 Å². The summed E-state index contributed by atoms with van der Waals surface area (Å²) in [4.78, 5) is 12.5. The molecule has 4 aromatic carbocycles. The lowest BCUT2D eigenvalue weighted by atomic mass is 9.88. The molecule has 0 bridgehead atoms. The van der Waals surface area contributed by atoms with Crippen LogP contribution in [0.4, 0.5) is 0 Å². The summed E-state index contributed by atoms with van der Waals surface area (Å²) in [6, 6.07) is 35.0. The maximum Gasteiger partial charge on any atom is 0.343 e. The minimum atomic E-state index is -0.569. The molecule has 2 N–H and O–H groups in total. The minimum absolute atomic E-state index is 0.228. The molecule has 1 atom stereocenters. The van der Waals surface area contributed by atoms with Crippen molar-refractivity contribution in [2.45, 2.75) is 32.8 Å². The van der Waals surface area contributed by atoms with Crippen molar-refractivity contribution < 1.29 is 19.4 Å². The standard InChI is InChI=1S/C35H37NO4/c1-3-23-36-24-30(37)25-39-31-19-15-27(16-20-31)34(33(4-2)26-11-7-5-8-12-26)28-17-21-32(22-18-28)40-35(38)29-13-9-6-10-14-29/h5-22,30,36-37H,3-4,23-25H2,1-2H3. The Bertz CT molecular complexity index is 1360. The van der Waals surface area contributed by atoms with Crippen LogP contribution in [0, 0.1) is 0 Å². The molecule has 206 valence electrons. The van der Waals surface area contributed by atoms with E-state index >= 15 is 0 Å². The van der Waals surface area contributed by atoms with Gasteiger partial charge in [-0.2, -0.15) is 0 Å². The summed E-state index contributed by atoms with van der Waals surface area (Å²) in [6.07, 6.45) is 1.29. The molecule has 0 spiro atoms. The maximum absolute atomic E-state index is 12.5. The first-order chi connectivity index (χ1) is 19.6. The van der Waals surface area contributed by atoms with Crippen LogP contribution in [0.15, 0.2) is 109 Å². The SMILES string of the molecule is CCCNCC(O)COc1ccc(C(=C(CC)c2ccccc2)c2ccc(OC(=O)c3ccccc3)cc2)cc1. The lowest BCUT2D eigenvalue weighted by Gasteiger charge is -2.18. The van der Waals surface area contributed by atoms with Crippen molar-refractivity contribution in [3.63, 3.8) is 0 Å². The Labute approximate surface area is 237 Å². The van der Waals surface area contributed by atoms with Crippen LogP contribution in [0.25, 0.3) is 11.1 Å². The van der Waals surface area contributed by atoms with Gasteiger partial charge in [0.15, 0.2) is 0 Å². The van der Waals surface area contributed by atoms with E-state index < -0.39 is 6.10 Å². The van der Waals surface area contributed by atoms with Gasteiger partial charge in [0.2, 0.25) is 0 Å². The summed E-state index contributed by atoms with van der Waals surface area (Å²) in [5.74, 6) is 0.813. The van der Waals surface area contributed by atoms with Crippen LogP contribution in [0.2, 0.25) is 0 Å². The van der Waals surface area contributed by atoms with Crippen LogP contribution in [0.1, 0.15) is 53.7 Å². The second kappa shape index (κ2) is 14.8. The molecule has 1 unspecified atom stereocenters. The molecule has 0 radical (unpaired) electrons. The Morgan fingerprint density at radius 1 is 0.725 bits per heavy atom. The van der Waals surface area contributed by atoms with E-state index in [1.165, 1.54) is 5.57 Å². The number of carbonyl (C=O) groups is 1. The molecular weight excluding hydrogens is 498 g/mol. The number of hydrogen-bond donors (Lipinski definition) is 2. The third-order valence-corrected chi connectivity index (χ3v) is 6.53. The number of rotatable bonds is 13. The van der Waals surface area contributed by atoms with Gasteiger partial charge in [0.25, 0.3) is 0 Å². The predicted octanol–water partition coefficient (Wildman–Crippen LogP) is 7.01. The molecule has 0 aromatic heterocycles. The first-order valence-corrected chi connectivity index (χ1v) is 13.9. The lowest BCUT2D eigenvalue weighted by molar-refractivity contribution is 0.0734. The van der Waals surface area contributed by atoms with Crippen LogP contribution in [0.3, 0.4) is 0 Å². The monoisotopic (exact) mass is 535 g/mol. The fraction of sp³-hybridized carbons (Fsp3) is 0.229. The van der Waals surface area contributed by atoms with Crippen molar-refractivity contribution in [2.24, 2.45) is 0 Å². The highest BCUT2D eigenvalue weighted by molar-refractivity contribution is 5.98. The summed E-state index contributed by atoms with van der Waals surface area (Å²) in [6.45, 7) is 5.86. The third-order valence-electron chi connectivity index (χ3n) is 6.53. The van der Waals surface area contributed by atoms with E-state index in [9.17, 15) is 9.90 Å². The molecule has 0 fully saturated rings. The predicted molar refractivity (Wildman–Crippen MR) is 162 cm³/mol. The van der Waals surface area contributed by atoms with Gasteiger partial charge in [-0.3, -0.25) is 0 Å². The summed E-state index contributed by atoms with van der Waals surface area (Å²) in [5, 5.41) is 13.4. The summed E-state index contributed by atoms with van der Waals surface area (Å²) in [5.41, 5.74) is 6.04. The van der Waals surface area contributed by atoms with Gasteiger partial charge in [-0.05, 0) is 83.6 Å². The van der Waals surface area contributed by atoms with Crippen molar-refractivity contribution in [3.8, 4) is 11.5 Å². The number of aliphatic hydroxyl groups excluding tert-OH is 1. The molecule has 4 aromatic rings. The highest BCUT2D eigenvalue weighted by Crippen LogP contribution is 2.35. The Morgan fingerprint density at radius 2 is 1.27 bits per heavy atom. The number of ether oxygens (including phenoxy) is 2. The van der Waals surface area contributed by atoms with E-state index in [1.807, 2.05) is 84.9 Å². The van der Waals surface area contributed by atoms with Crippen molar-refractivity contribution >= 4 is 17.1 Å². The van der Waals surface area contributed by atoms with Gasteiger partial charge in [0.1, 0.15) is 24.2 Å². The molecule has 0 heterocycles. The third kappa shape index (κ3) is 7.92. The lowest BCUT2D eigenvalue weighted by Crippen LogP contribution is -2.31. The average molecular weight is 536 g/mol. The van der Waals surface area contributed by atoms with Crippen molar-refractivity contribution in [1.29, 1.82) is 0 Å². The van der Waals surface area contributed by atoms with E-state index in [0.29, 0.717) is 23.6 Å². The highest BCUT2D eigenvalue weighted by Gasteiger charge is 2.15. The number of benzene rings is 4. The number of nitrogens with one attached hydrogen (secondary N) is 1. The average Bonchev–Trinajstić information content (AvgIpc) is 3.00. The topological polar surface area (TPSA) is 67.8 Å².